The van der Waals surface area contributed by atoms with E-state index in [2.05, 4.69) is 0 Å². The van der Waals surface area contributed by atoms with E-state index in [-0.39, 0.29) is 164 Å². The normalized spacial score (nSPS) is 16.3. The molecule has 11 rings (SSSR count). The Morgan fingerprint density at radius 3 is 0.467 bits per heavy atom. The number of benzene rings is 10. The fourth-order valence-electron chi connectivity index (χ4n) is 16.5. The Balaban J connectivity index is 0.988. The average molecular weight is 1830 g/mol. The van der Waals surface area contributed by atoms with Crippen molar-refractivity contribution in [1.29, 1.82) is 0 Å². The fraction of sp³-hybridized carbons (Fsp3) is 0.364. The Morgan fingerprint density at radius 1 is 0.193 bits per heavy atom. The summed E-state index contributed by atoms with van der Waals surface area (Å²) in [5.41, 5.74) is 8.11. The molecule has 0 saturated carbocycles. The zero-order valence-electron chi connectivity index (χ0n) is 78.6. The van der Waals surface area contributed by atoms with Gasteiger partial charge in [-0.2, -0.15) is 0 Å². The second-order valence-corrected chi connectivity index (χ2v) is 33.9. The molecule has 10 amide bonds. The van der Waals surface area contributed by atoms with E-state index in [1.807, 2.05) is 338 Å². The number of rotatable bonds is 35. The van der Waals surface area contributed by atoms with Crippen LogP contribution in [0.3, 0.4) is 0 Å². The minimum Gasteiger partial charge on any atom is -0.375 e. The molecule has 10 aromatic carbocycles. The van der Waals surface area contributed by atoms with Gasteiger partial charge in [-0.05, 0) is 90.3 Å². The molecule has 710 valence electrons. The van der Waals surface area contributed by atoms with Crippen LogP contribution in [0.25, 0.3) is 0 Å². The lowest BCUT2D eigenvalue weighted by Crippen LogP contribution is -2.49. The van der Waals surface area contributed by atoms with Gasteiger partial charge < -0.3 is 72.7 Å². The van der Waals surface area contributed by atoms with E-state index in [1.165, 1.54) is 24.5 Å². The van der Waals surface area contributed by atoms with Crippen molar-refractivity contribution in [2.75, 3.05) is 131 Å². The van der Waals surface area contributed by atoms with E-state index in [0.717, 1.165) is 55.6 Å². The molecule has 1 saturated heterocycles. The van der Waals surface area contributed by atoms with Gasteiger partial charge in [0.05, 0.1) is 129 Å². The van der Waals surface area contributed by atoms with Gasteiger partial charge in [0.1, 0.15) is 0 Å². The molecule has 10 aromatic rings. The molecule has 1 aliphatic rings. The lowest BCUT2D eigenvalue weighted by atomic mass is 10.1. The highest BCUT2D eigenvalue weighted by Gasteiger charge is 2.36. The van der Waals surface area contributed by atoms with Crippen molar-refractivity contribution >= 4 is 59.1 Å². The highest BCUT2D eigenvalue weighted by atomic mass is 16.5. The summed E-state index contributed by atoms with van der Waals surface area (Å²) in [4.78, 5) is 172. The SMILES string of the molecule is CC(c1ccccc1)N1CCC(=O)N(CCOCc2ccccc2)CC(=O)N(C(C)c2ccccc2)CCC(=O)N(CCOCc2ccccc2)CC(=O)N(C(C)c2ccccc2)CCC(=O)N(CCOCc2ccccc2)CC(=O)N(C(C)c2ccccc2)CCC(=O)N(CCOCc2ccccc2)CC(=O)N(C(C)c2ccccc2)CCC(=O)N(CCOCc2ccccc2)CC1=O. The summed E-state index contributed by atoms with van der Waals surface area (Å²) < 4.78 is 31.3. The second kappa shape index (κ2) is 55.4. The first-order chi connectivity index (χ1) is 65.7. The highest BCUT2D eigenvalue weighted by Crippen LogP contribution is 2.29. The van der Waals surface area contributed by atoms with Crippen molar-refractivity contribution in [2.24, 2.45) is 0 Å². The number of nitrogens with zero attached hydrogens (tertiary/aromatic N) is 10. The minimum atomic E-state index is -0.676. The molecule has 0 bridgehead atoms. The Hall–Kier alpha value is -13.3. The molecule has 5 atom stereocenters. The quantitative estimate of drug-likeness (QED) is 0.0335. The van der Waals surface area contributed by atoms with Crippen molar-refractivity contribution in [3.8, 4) is 0 Å². The molecule has 25 nitrogen and oxygen atoms in total. The Bertz CT molecular complexity index is 4500. The van der Waals surface area contributed by atoms with E-state index in [1.54, 1.807) is 24.5 Å². The van der Waals surface area contributed by atoms with Gasteiger partial charge in [-0.3, -0.25) is 47.9 Å². The van der Waals surface area contributed by atoms with Crippen LogP contribution in [0.4, 0.5) is 0 Å². The van der Waals surface area contributed by atoms with Gasteiger partial charge in [-0.15, -0.1) is 0 Å². The van der Waals surface area contributed by atoms with Crippen LogP contribution in [0.15, 0.2) is 303 Å². The highest BCUT2D eigenvalue weighted by molar-refractivity contribution is 5.91. The summed E-state index contributed by atoms with van der Waals surface area (Å²) in [7, 11) is 0. The largest absolute Gasteiger partial charge is 0.375 e. The van der Waals surface area contributed by atoms with E-state index in [0.29, 0.717) is 0 Å². The third-order valence-electron chi connectivity index (χ3n) is 24.7. The van der Waals surface area contributed by atoms with Crippen molar-refractivity contribution in [3.05, 3.63) is 359 Å². The van der Waals surface area contributed by atoms with Crippen LogP contribution in [-0.4, -0.2) is 239 Å². The molecule has 1 aliphatic heterocycles. The van der Waals surface area contributed by atoms with Crippen LogP contribution in [0, 0.1) is 0 Å². The second-order valence-electron chi connectivity index (χ2n) is 33.9. The number of hydrogen-bond acceptors (Lipinski definition) is 15. The summed E-state index contributed by atoms with van der Waals surface area (Å²) in [5, 5.41) is 0. The Labute approximate surface area is 795 Å². The molecule has 5 unspecified atom stereocenters. The van der Waals surface area contributed by atoms with Crippen LogP contribution >= 0.6 is 0 Å². The van der Waals surface area contributed by atoms with E-state index in [4.69, 9.17) is 23.7 Å². The topological polar surface area (TPSA) is 249 Å². The predicted octanol–water partition coefficient (Wildman–Crippen LogP) is 15.1. The third kappa shape index (κ3) is 33.1. The van der Waals surface area contributed by atoms with E-state index >= 15 is 47.9 Å². The number of hydrogen-bond donors (Lipinski definition) is 0. The van der Waals surface area contributed by atoms with Crippen LogP contribution in [0.2, 0.25) is 0 Å². The smallest absolute Gasteiger partial charge is 0.242 e. The van der Waals surface area contributed by atoms with Gasteiger partial charge >= 0.3 is 0 Å². The number of carbonyl (C=O) groups is 10. The summed E-state index contributed by atoms with van der Waals surface area (Å²) in [6.07, 6.45) is -1.47. The zero-order chi connectivity index (χ0) is 95.3. The van der Waals surface area contributed by atoms with Gasteiger partial charge in [0.15, 0.2) is 0 Å². The maximum absolute atomic E-state index is 15.8. The monoisotopic (exact) mass is 1830 g/mol. The van der Waals surface area contributed by atoms with Gasteiger partial charge in [0, 0.05) is 97.6 Å². The molecule has 0 aliphatic carbocycles. The lowest BCUT2D eigenvalue weighted by molar-refractivity contribution is -0.146. The number of ether oxygens (including phenoxy) is 5. The molecule has 0 radical (unpaired) electrons. The summed E-state index contributed by atoms with van der Waals surface area (Å²) in [6, 6.07) is 90.9. The van der Waals surface area contributed by atoms with Gasteiger partial charge in [0.25, 0.3) is 0 Å². The molecule has 0 spiro atoms. The molecule has 1 fully saturated rings. The van der Waals surface area contributed by atoms with Crippen LogP contribution in [0.5, 0.6) is 0 Å². The summed E-state index contributed by atoms with van der Waals surface area (Å²) >= 11 is 0. The molecular formula is C110H130N10O15. The molecule has 0 N–H and O–H groups in total. The molecule has 25 heteroatoms. The van der Waals surface area contributed by atoms with E-state index in [9.17, 15) is 0 Å². The third-order valence-corrected chi connectivity index (χ3v) is 24.7. The average Bonchev–Trinajstić information content (AvgIpc) is 0.861. The maximum Gasteiger partial charge on any atom is 0.242 e. The van der Waals surface area contributed by atoms with Gasteiger partial charge in [0.2, 0.25) is 59.1 Å². The maximum atomic E-state index is 15.8. The van der Waals surface area contributed by atoms with Crippen molar-refractivity contribution in [3.63, 3.8) is 0 Å². The standard InChI is InChI=1S/C110H130N10O15/c1-86(96-46-26-11-27-47-96)116-61-56-101(121)112(67-72-132-82-92-38-18-7-19-39-92)77-107(127)118(88(3)98-50-30-13-31-51-98)63-58-103(123)114(69-74-134-84-94-42-22-9-23-43-94)79-109(129)120(90(5)100-54-34-15-35-55-100)65-60-105(125)115(70-75-135-85-95-44-24-10-25-45-95)80-110(130)119(89(4)99-52-32-14-33-53-99)64-59-104(124)113(68-73-133-83-93-40-20-8-21-41-93)78-108(128)117(87(2)97-48-28-12-29-49-97)62-57-102(122)111(76-106(116)126)66-71-131-81-91-36-16-6-17-37-91/h6-55,86-90H,56-85H2,1-5H3. The van der Waals surface area contributed by atoms with Crippen LogP contribution in [-0.2, 0) is 105 Å². The van der Waals surface area contributed by atoms with Crippen LogP contribution < -0.4 is 0 Å². The lowest BCUT2D eigenvalue weighted by Gasteiger charge is -2.35. The zero-order valence-corrected chi connectivity index (χ0v) is 78.6. The first-order valence-corrected chi connectivity index (χ1v) is 46.9. The molecule has 0 aromatic heterocycles. The number of amides is 10. The first-order valence-electron chi connectivity index (χ1n) is 46.9. The van der Waals surface area contributed by atoms with Crippen molar-refractivity contribution in [2.45, 2.75) is 130 Å². The predicted molar refractivity (Wildman–Crippen MR) is 519 cm³/mol. The van der Waals surface area contributed by atoms with Crippen LogP contribution in [0.1, 0.15) is 153 Å². The van der Waals surface area contributed by atoms with Gasteiger partial charge in [-0.25, -0.2) is 0 Å². The number of carbonyl (C=O) groups excluding carboxylic acids is 10. The molecule has 1 heterocycles. The van der Waals surface area contributed by atoms with E-state index < -0.39 is 122 Å². The summed E-state index contributed by atoms with van der Waals surface area (Å²) in [5.74, 6) is -5.03. The fourth-order valence-corrected chi connectivity index (χ4v) is 16.5. The minimum absolute atomic E-state index is 0.000444. The summed E-state index contributed by atoms with van der Waals surface area (Å²) in [6.45, 7) is 6.63. The van der Waals surface area contributed by atoms with Crippen molar-refractivity contribution in [1.82, 2.24) is 49.0 Å². The Kier molecular flexibility index (Phi) is 41.9. The molecular weight excluding hydrogens is 1700 g/mol. The first kappa shape index (κ1) is 102. The molecule has 135 heavy (non-hydrogen) atoms. The Morgan fingerprint density at radius 2 is 0.326 bits per heavy atom. The van der Waals surface area contributed by atoms with Gasteiger partial charge in [-0.1, -0.05) is 303 Å². The van der Waals surface area contributed by atoms with Crippen molar-refractivity contribution < 1.29 is 71.6 Å².